The van der Waals surface area contributed by atoms with Crippen LogP contribution in [0.3, 0.4) is 0 Å². The SMILES string of the molecule is CCCNC(=O)c1ccc(NC(C)CC)c(N)c1. The molecule has 0 saturated carbocycles. The van der Waals surface area contributed by atoms with Gasteiger partial charge in [-0.15, -0.1) is 0 Å². The van der Waals surface area contributed by atoms with Crippen molar-refractivity contribution in [2.75, 3.05) is 17.6 Å². The molecule has 1 amide bonds. The van der Waals surface area contributed by atoms with Crippen molar-refractivity contribution in [2.24, 2.45) is 0 Å². The Morgan fingerprint density at radius 3 is 2.67 bits per heavy atom. The molecule has 4 heteroatoms. The van der Waals surface area contributed by atoms with Crippen LogP contribution in [-0.2, 0) is 0 Å². The lowest BCUT2D eigenvalue weighted by Crippen LogP contribution is -2.24. The molecular weight excluding hydrogens is 226 g/mol. The highest BCUT2D eigenvalue weighted by atomic mass is 16.1. The van der Waals surface area contributed by atoms with Crippen LogP contribution in [-0.4, -0.2) is 18.5 Å². The number of carbonyl (C=O) groups is 1. The van der Waals surface area contributed by atoms with Crippen LogP contribution in [0, 0.1) is 0 Å². The fraction of sp³-hybridized carbons (Fsp3) is 0.500. The molecule has 4 nitrogen and oxygen atoms in total. The van der Waals surface area contributed by atoms with Gasteiger partial charge in [0.25, 0.3) is 5.91 Å². The molecule has 0 bridgehead atoms. The Hall–Kier alpha value is -1.71. The van der Waals surface area contributed by atoms with Crippen LogP contribution in [0.1, 0.15) is 44.0 Å². The van der Waals surface area contributed by atoms with Gasteiger partial charge in [-0.25, -0.2) is 0 Å². The predicted molar refractivity (Wildman–Crippen MR) is 76.9 cm³/mol. The summed E-state index contributed by atoms with van der Waals surface area (Å²) in [6.45, 7) is 6.92. The standard InChI is InChI=1S/C14H23N3O/c1-4-8-16-14(18)11-6-7-13(12(15)9-11)17-10(3)5-2/h6-7,9-10,17H,4-5,8,15H2,1-3H3,(H,16,18). The number of rotatable bonds is 6. The van der Waals surface area contributed by atoms with E-state index in [1.807, 2.05) is 13.0 Å². The van der Waals surface area contributed by atoms with Gasteiger partial charge in [0.2, 0.25) is 0 Å². The van der Waals surface area contributed by atoms with E-state index in [0.717, 1.165) is 18.5 Å². The van der Waals surface area contributed by atoms with Crippen molar-refractivity contribution >= 4 is 17.3 Å². The van der Waals surface area contributed by atoms with Crippen molar-refractivity contribution in [1.29, 1.82) is 0 Å². The average Bonchev–Trinajstić information content (AvgIpc) is 2.38. The third-order valence-corrected chi connectivity index (χ3v) is 2.86. The summed E-state index contributed by atoms with van der Waals surface area (Å²) < 4.78 is 0. The van der Waals surface area contributed by atoms with Gasteiger partial charge in [0.1, 0.15) is 0 Å². The van der Waals surface area contributed by atoms with E-state index in [2.05, 4.69) is 24.5 Å². The normalized spacial score (nSPS) is 11.9. The third kappa shape index (κ3) is 3.95. The maximum absolute atomic E-state index is 11.8. The van der Waals surface area contributed by atoms with Crippen LogP contribution in [0.2, 0.25) is 0 Å². The molecule has 0 aromatic heterocycles. The highest BCUT2D eigenvalue weighted by molar-refractivity contribution is 5.96. The molecule has 0 spiro atoms. The number of nitrogen functional groups attached to an aromatic ring is 1. The van der Waals surface area contributed by atoms with Crippen molar-refractivity contribution in [2.45, 2.75) is 39.7 Å². The number of benzene rings is 1. The number of carbonyl (C=O) groups excluding carboxylic acids is 1. The molecule has 1 unspecified atom stereocenters. The third-order valence-electron chi connectivity index (χ3n) is 2.86. The zero-order valence-corrected chi connectivity index (χ0v) is 11.4. The molecule has 4 N–H and O–H groups in total. The fourth-order valence-corrected chi connectivity index (χ4v) is 1.54. The summed E-state index contributed by atoms with van der Waals surface area (Å²) in [6, 6.07) is 5.75. The van der Waals surface area contributed by atoms with Gasteiger partial charge in [0.15, 0.2) is 0 Å². The largest absolute Gasteiger partial charge is 0.397 e. The van der Waals surface area contributed by atoms with E-state index in [9.17, 15) is 4.79 Å². The molecule has 1 rings (SSSR count). The van der Waals surface area contributed by atoms with Crippen LogP contribution in [0.25, 0.3) is 0 Å². The Kier molecular flexibility index (Phi) is 5.49. The van der Waals surface area contributed by atoms with Gasteiger partial charge >= 0.3 is 0 Å². The maximum Gasteiger partial charge on any atom is 0.251 e. The minimum Gasteiger partial charge on any atom is -0.397 e. The molecule has 1 aromatic carbocycles. The second-order valence-corrected chi connectivity index (χ2v) is 4.51. The molecule has 18 heavy (non-hydrogen) atoms. The number of nitrogens with two attached hydrogens (primary N) is 1. The topological polar surface area (TPSA) is 67.2 Å². The zero-order chi connectivity index (χ0) is 13.5. The van der Waals surface area contributed by atoms with E-state index in [-0.39, 0.29) is 5.91 Å². The maximum atomic E-state index is 11.8. The number of amides is 1. The lowest BCUT2D eigenvalue weighted by Gasteiger charge is -2.15. The minimum absolute atomic E-state index is 0.0707. The Morgan fingerprint density at radius 2 is 2.11 bits per heavy atom. The van der Waals surface area contributed by atoms with E-state index in [1.165, 1.54) is 0 Å². The molecule has 0 heterocycles. The highest BCUT2D eigenvalue weighted by Crippen LogP contribution is 2.21. The zero-order valence-electron chi connectivity index (χ0n) is 11.4. The van der Waals surface area contributed by atoms with Crippen LogP contribution in [0.15, 0.2) is 18.2 Å². The Labute approximate surface area is 109 Å². The second-order valence-electron chi connectivity index (χ2n) is 4.51. The number of hydrogen-bond donors (Lipinski definition) is 3. The lowest BCUT2D eigenvalue weighted by molar-refractivity contribution is 0.0953. The molecule has 1 atom stereocenters. The molecule has 0 aliphatic heterocycles. The molecule has 0 aliphatic rings. The first-order valence-corrected chi connectivity index (χ1v) is 6.52. The Morgan fingerprint density at radius 1 is 1.39 bits per heavy atom. The lowest BCUT2D eigenvalue weighted by atomic mass is 10.1. The van der Waals surface area contributed by atoms with E-state index in [0.29, 0.717) is 23.8 Å². The summed E-state index contributed by atoms with van der Waals surface area (Å²) >= 11 is 0. The second kappa shape index (κ2) is 6.89. The van der Waals surface area contributed by atoms with Crippen LogP contribution in [0.4, 0.5) is 11.4 Å². The first-order chi connectivity index (χ1) is 8.58. The number of hydrogen-bond acceptors (Lipinski definition) is 3. The van der Waals surface area contributed by atoms with Gasteiger partial charge in [-0.05, 0) is 38.0 Å². The summed E-state index contributed by atoms with van der Waals surface area (Å²) in [4.78, 5) is 11.8. The minimum atomic E-state index is -0.0707. The van der Waals surface area contributed by atoms with Crippen LogP contribution >= 0.6 is 0 Å². The first kappa shape index (κ1) is 14.4. The van der Waals surface area contributed by atoms with E-state index < -0.39 is 0 Å². The quantitative estimate of drug-likeness (QED) is 0.679. The summed E-state index contributed by atoms with van der Waals surface area (Å²) in [5.41, 5.74) is 8.05. The fourth-order valence-electron chi connectivity index (χ4n) is 1.54. The van der Waals surface area contributed by atoms with Crippen molar-refractivity contribution in [3.63, 3.8) is 0 Å². The van der Waals surface area contributed by atoms with Gasteiger partial charge < -0.3 is 16.4 Å². The van der Waals surface area contributed by atoms with Gasteiger partial charge in [-0.2, -0.15) is 0 Å². The van der Waals surface area contributed by atoms with Gasteiger partial charge in [0.05, 0.1) is 11.4 Å². The van der Waals surface area contributed by atoms with Crippen molar-refractivity contribution < 1.29 is 4.79 Å². The highest BCUT2D eigenvalue weighted by Gasteiger charge is 2.08. The first-order valence-electron chi connectivity index (χ1n) is 6.52. The van der Waals surface area contributed by atoms with Crippen LogP contribution < -0.4 is 16.4 Å². The van der Waals surface area contributed by atoms with Gasteiger partial charge in [0, 0.05) is 18.2 Å². The molecule has 0 fully saturated rings. The van der Waals surface area contributed by atoms with Gasteiger partial charge in [-0.1, -0.05) is 13.8 Å². The van der Waals surface area contributed by atoms with Crippen LogP contribution in [0.5, 0.6) is 0 Å². The summed E-state index contributed by atoms with van der Waals surface area (Å²) in [5, 5.41) is 6.14. The molecular formula is C14H23N3O. The van der Waals surface area contributed by atoms with E-state index in [4.69, 9.17) is 5.73 Å². The summed E-state index contributed by atoms with van der Waals surface area (Å²) in [6.07, 6.45) is 1.95. The predicted octanol–water partition coefficient (Wildman–Crippen LogP) is 2.62. The Bertz CT molecular complexity index is 404. The van der Waals surface area contributed by atoms with Crippen molar-refractivity contribution in [1.82, 2.24) is 5.32 Å². The summed E-state index contributed by atoms with van der Waals surface area (Å²) in [5.74, 6) is -0.0707. The molecule has 100 valence electrons. The Balaban J connectivity index is 2.75. The van der Waals surface area contributed by atoms with E-state index >= 15 is 0 Å². The monoisotopic (exact) mass is 249 g/mol. The number of nitrogens with one attached hydrogen (secondary N) is 2. The summed E-state index contributed by atoms with van der Waals surface area (Å²) in [7, 11) is 0. The van der Waals surface area contributed by atoms with Gasteiger partial charge in [-0.3, -0.25) is 4.79 Å². The molecule has 1 aromatic rings. The van der Waals surface area contributed by atoms with Crippen molar-refractivity contribution in [3.8, 4) is 0 Å². The molecule has 0 radical (unpaired) electrons. The average molecular weight is 249 g/mol. The molecule has 0 aliphatic carbocycles. The smallest absolute Gasteiger partial charge is 0.251 e. The van der Waals surface area contributed by atoms with Crippen molar-refractivity contribution in [3.05, 3.63) is 23.8 Å². The van der Waals surface area contributed by atoms with E-state index in [1.54, 1.807) is 12.1 Å². The molecule has 0 saturated heterocycles. The number of anilines is 2.